The van der Waals surface area contributed by atoms with E-state index in [1.807, 2.05) is 38.1 Å². The molecule has 0 aromatic heterocycles. The summed E-state index contributed by atoms with van der Waals surface area (Å²) in [5.74, 6) is 0.161. The van der Waals surface area contributed by atoms with E-state index in [-0.39, 0.29) is 11.7 Å². The molecule has 1 aromatic rings. The van der Waals surface area contributed by atoms with Crippen molar-refractivity contribution in [2.45, 2.75) is 32.2 Å². The van der Waals surface area contributed by atoms with E-state index in [9.17, 15) is 9.59 Å². The Morgan fingerprint density at radius 3 is 2.72 bits per heavy atom. The van der Waals surface area contributed by atoms with Crippen molar-refractivity contribution in [3.05, 3.63) is 34.3 Å². The highest BCUT2D eigenvalue weighted by Gasteiger charge is 2.42. The van der Waals surface area contributed by atoms with E-state index >= 15 is 0 Å². The van der Waals surface area contributed by atoms with Crippen LogP contribution in [0.5, 0.6) is 0 Å². The van der Waals surface area contributed by atoms with Gasteiger partial charge in [-0.2, -0.15) is 0 Å². The minimum atomic E-state index is -0.650. The minimum absolute atomic E-state index is 0.0175. The first kappa shape index (κ1) is 13.3. The Labute approximate surface area is 115 Å². The molecule has 1 amide bonds. The van der Waals surface area contributed by atoms with Gasteiger partial charge in [-0.15, -0.1) is 0 Å². The van der Waals surface area contributed by atoms with Crippen molar-refractivity contribution in [2.24, 2.45) is 0 Å². The summed E-state index contributed by atoms with van der Waals surface area (Å²) in [6.45, 7) is 4.18. The third-order valence-electron chi connectivity index (χ3n) is 3.47. The number of benzene rings is 1. The van der Waals surface area contributed by atoms with Gasteiger partial charge in [-0.3, -0.25) is 9.59 Å². The van der Waals surface area contributed by atoms with Crippen molar-refractivity contribution >= 4 is 27.6 Å². The standard InChI is InChI=1S/C14H16BrNO2/c1-14(2)12(17)6-7-16(14)13(18)9-10-4-3-5-11(15)8-10/h3-5,8H,6-7,9H2,1-2H3. The SMILES string of the molecule is CC1(C)C(=O)CCN1C(=O)Cc1cccc(Br)c1. The Hall–Kier alpha value is -1.16. The van der Waals surface area contributed by atoms with Crippen molar-refractivity contribution in [3.63, 3.8) is 0 Å². The van der Waals surface area contributed by atoms with Crippen LogP contribution < -0.4 is 0 Å². The Morgan fingerprint density at radius 1 is 1.44 bits per heavy atom. The average Bonchev–Trinajstić information content (AvgIpc) is 2.54. The largest absolute Gasteiger partial charge is 0.330 e. The van der Waals surface area contributed by atoms with Gasteiger partial charge >= 0.3 is 0 Å². The van der Waals surface area contributed by atoms with Gasteiger partial charge in [-0.25, -0.2) is 0 Å². The molecule has 4 heteroatoms. The van der Waals surface area contributed by atoms with Crippen molar-refractivity contribution in [3.8, 4) is 0 Å². The molecule has 18 heavy (non-hydrogen) atoms. The number of ketones is 1. The number of Topliss-reactive ketones (excluding diaryl/α,β-unsaturated/α-hetero) is 1. The molecule has 1 aliphatic heterocycles. The number of hydrogen-bond acceptors (Lipinski definition) is 2. The summed E-state index contributed by atoms with van der Waals surface area (Å²) < 4.78 is 0.963. The van der Waals surface area contributed by atoms with Crippen LogP contribution in [0.3, 0.4) is 0 Å². The lowest BCUT2D eigenvalue weighted by molar-refractivity contribution is -0.138. The predicted molar refractivity (Wildman–Crippen MR) is 73.3 cm³/mol. The van der Waals surface area contributed by atoms with Crippen LogP contribution >= 0.6 is 15.9 Å². The van der Waals surface area contributed by atoms with Gasteiger partial charge in [0.1, 0.15) is 0 Å². The molecule has 1 heterocycles. The number of carbonyl (C=O) groups excluding carboxylic acids is 2. The van der Waals surface area contributed by atoms with Crippen LogP contribution in [0.1, 0.15) is 25.8 Å². The summed E-state index contributed by atoms with van der Waals surface area (Å²) in [5.41, 5.74) is 0.313. The van der Waals surface area contributed by atoms with Gasteiger partial charge in [-0.05, 0) is 31.5 Å². The van der Waals surface area contributed by atoms with E-state index in [4.69, 9.17) is 0 Å². The highest BCUT2D eigenvalue weighted by molar-refractivity contribution is 9.10. The molecule has 96 valence electrons. The van der Waals surface area contributed by atoms with Gasteiger partial charge in [0.05, 0.1) is 12.0 Å². The zero-order chi connectivity index (χ0) is 13.3. The third kappa shape index (κ3) is 2.48. The summed E-state index contributed by atoms with van der Waals surface area (Å²) in [7, 11) is 0. The van der Waals surface area contributed by atoms with Crippen LogP contribution in [0.2, 0.25) is 0 Å². The maximum Gasteiger partial charge on any atom is 0.227 e. The van der Waals surface area contributed by atoms with Gasteiger partial charge < -0.3 is 4.90 Å². The summed E-state index contributed by atoms with van der Waals surface area (Å²) in [6.07, 6.45) is 0.813. The zero-order valence-electron chi connectivity index (χ0n) is 10.6. The fourth-order valence-electron chi connectivity index (χ4n) is 2.30. The molecule has 0 bridgehead atoms. The predicted octanol–water partition coefficient (Wildman–Crippen LogP) is 2.57. The number of halogens is 1. The molecule has 2 rings (SSSR count). The van der Waals surface area contributed by atoms with Gasteiger partial charge in [0.25, 0.3) is 0 Å². The number of rotatable bonds is 2. The Bertz CT molecular complexity index is 496. The van der Waals surface area contributed by atoms with E-state index in [2.05, 4.69) is 15.9 Å². The second-order valence-corrected chi connectivity index (χ2v) is 6.00. The second-order valence-electron chi connectivity index (χ2n) is 5.08. The number of carbonyl (C=O) groups is 2. The van der Waals surface area contributed by atoms with Gasteiger partial charge in [0, 0.05) is 17.4 Å². The highest BCUT2D eigenvalue weighted by atomic mass is 79.9. The molecule has 0 spiro atoms. The molecule has 1 fully saturated rings. The van der Waals surface area contributed by atoms with Crippen LogP contribution in [0, 0.1) is 0 Å². The first-order chi connectivity index (χ1) is 8.41. The maximum atomic E-state index is 12.2. The van der Waals surface area contributed by atoms with Crippen LogP contribution in [-0.2, 0) is 16.0 Å². The van der Waals surface area contributed by atoms with E-state index in [0.717, 1.165) is 10.0 Å². The minimum Gasteiger partial charge on any atom is -0.330 e. The van der Waals surface area contributed by atoms with Gasteiger partial charge in [-0.1, -0.05) is 28.1 Å². The van der Waals surface area contributed by atoms with E-state index in [0.29, 0.717) is 19.4 Å². The molecule has 1 saturated heterocycles. The molecule has 0 N–H and O–H groups in total. The highest BCUT2D eigenvalue weighted by Crippen LogP contribution is 2.26. The molecule has 3 nitrogen and oxygen atoms in total. The first-order valence-corrected chi connectivity index (χ1v) is 6.79. The second kappa shape index (κ2) is 4.84. The van der Waals surface area contributed by atoms with Crippen LogP contribution in [-0.4, -0.2) is 28.7 Å². The molecule has 0 atom stereocenters. The number of nitrogens with zero attached hydrogens (tertiary/aromatic N) is 1. The molecule has 1 aromatic carbocycles. The Kier molecular flexibility index (Phi) is 3.57. The zero-order valence-corrected chi connectivity index (χ0v) is 12.2. The number of likely N-dealkylation sites (tertiary alicyclic amines) is 1. The molecule has 0 aliphatic carbocycles. The molecule has 0 unspecified atom stereocenters. The fraction of sp³-hybridized carbons (Fsp3) is 0.429. The van der Waals surface area contributed by atoms with Crippen molar-refractivity contribution < 1.29 is 9.59 Å². The summed E-state index contributed by atoms with van der Waals surface area (Å²) in [5, 5.41) is 0. The van der Waals surface area contributed by atoms with Crippen LogP contribution in [0.25, 0.3) is 0 Å². The summed E-state index contributed by atoms with van der Waals surface area (Å²) in [4.78, 5) is 25.7. The monoisotopic (exact) mass is 309 g/mol. The molecule has 0 radical (unpaired) electrons. The smallest absolute Gasteiger partial charge is 0.227 e. The quantitative estimate of drug-likeness (QED) is 0.842. The van der Waals surface area contributed by atoms with Crippen molar-refractivity contribution in [2.75, 3.05) is 6.54 Å². The molecular formula is C14H16BrNO2. The molecule has 1 aliphatic rings. The normalized spacial score (nSPS) is 18.2. The fourth-order valence-corrected chi connectivity index (χ4v) is 2.75. The van der Waals surface area contributed by atoms with E-state index in [1.165, 1.54) is 0 Å². The lowest BCUT2D eigenvalue weighted by atomic mass is 10.00. The van der Waals surface area contributed by atoms with Gasteiger partial charge in [0.2, 0.25) is 5.91 Å². The third-order valence-corrected chi connectivity index (χ3v) is 3.96. The summed E-state index contributed by atoms with van der Waals surface area (Å²) >= 11 is 3.39. The Balaban J connectivity index is 2.12. The van der Waals surface area contributed by atoms with Crippen molar-refractivity contribution in [1.29, 1.82) is 0 Å². The lowest BCUT2D eigenvalue weighted by Gasteiger charge is -2.30. The molecular weight excluding hydrogens is 294 g/mol. The average molecular weight is 310 g/mol. The lowest BCUT2D eigenvalue weighted by Crippen LogP contribution is -2.46. The molecule has 0 saturated carbocycles. The number of amides is 1. The van der Waals surface area contributed by atoms with Crippen LogP contribution in [0.15, 0.2) is 28.7 Å². The van der Waals surface area contributed by atoms with E-state index < -0.39 is 5.54 Å². The number of hydrogen-bond donors (Lipinski definition) is 0. The van der Waals surface area contributed by atoms with Gasteiger partial charge in [0.15, 0.2) is 5.78 Å². The van der Waals surface area contributed by atoms with E-state index in [1.54, 1.807) is 4.90 Å². The maximum absolute atomic E-state index is 12.2. The topological polar surface area (TPSA) is 37.4 Å². The van der Waals surface area contributed by atoms with Crippen molar-refractivity contribution in [1.82, 2.24) is 4.90 Å². The summed E-state index contributed by atoms with van der Waals surface area (Å²) in [6, 6.07) is 7.70. The first-order valence-electron chi connectivity index (χ1n) is 5.99. The van der Waals surface area contributed by atoms with Crippen LogP contribution in [0.4, 0.5) is 0 Å². The Morgan fingerprint density at radius 2 is 2.17 bits per heavy atom.